The molecule has 10 nitrogen and oxygen atoms in total. The third-order valence-corrected chi connectivity index (χ3v) is 4.76. The number of aryl methyl sites for hydroxylation is 2. The van der Waals surface area contributed by atoms with Gasteiger partial charge in [0.1, 0.15) is 5.75 Å². The topological polar surface area (TPSA) is 115 Å². The lowest BCUT2D eigenvalue weighted by molar-refractivity contribution is -0.274. The van der Waals surface area contributed by atoms with Gasteiger partial charge in [0, 0.05) is 43.9 Å². The van der Waals surface area contributed by atoms with Crippen LogP contribution in [0.15, 0.2) is 49.2 Å². The molecule has 3 N–H and O–H groups in total. The zero-order valence-electron chi connectivity index (χ0n) is 19.0. The van der Waals surface area contributed by atoms with E-state index in [-0.39, 0.29) is 23.2 Å². The van der Waals surface area contributed by atoms with E-state index in [0.717, 1.165) is 25.0 Å². The van der Waals surface area contributed by atoms with Crippen molar-refractivity contribution in [3.63, 3.8) is 0 Å². The second-order valence-electron chi connectivity index (χ2n) is 7.56. The molecule has 0 radical (unpaired) electrons. The van der Waals surface area contributed by atoms with E-state index in [2.05, 4.69) is 30.7 Å². The molecule has 0 atom stereocenters. The Morgan fingerprint density at radius 2 is 1.86 bits per heavy atom. The zero-order valence-corrected chi connectivity index (χ0v) is 19.0. The maximum absolute atomic E-state index is 12.7. The van der Waals surface area contributed by atoms with Crippen LogP contribution in [0.4, 0.5) is 29.5 Å². The van der Waals surface area contributed by atoms with Crippen LogP contribution in [-0.4, -0.2) is 43.9 Å². The highest BCUT2D eigenvalue weighted by Crippen LogP contribution is 2.24. The minimum Gasteiger partial charge on any atom is -0.406 e. The Balaban J connectivity index is 1.57. The standard InChI is InChI=1S/C22H26F3N7O3/c1-2-3-12-32-14-18(29-19(32)20(33)27-9-4-11-31-13-10-26-15-31)30-21(34)28-16-5-7-17(8-6-16)35-22(23,24)25/h5-8,10,13-15H,2-4,9,11-12H2,1H3,(H,27,33)(H2,28,30,34). The molecule has 0 spiro atoms. The van der Waals surface area contributed by atoms with E-state index in [0.29, 0.717) is 26.1 Å². The van der Waals surface area contributed by atoms with E-state index in [1.165, 1.54) is 12.1 Å². The van der Waals surface area contributed by atoms with Crippen LogP contribution in [0.25, 0.3) is 0 Å². The fourth-order valence-corrected chi connectivity index (χ4v) is 3.14. The van der Waals surface area contributed by atoms with Gasteiger partial charge in [0.2, 0.25) is 5.82 Å². The van der Waals surface area contributed by atoms with E-state index >= 15 is 0 Å². The number of urea groups is 1. The molecule has 0 aliphatic heterocycles. The summed E-state index contributed by atoms with van der Waals surface area (Å²) in [4.78, 5) is 33.2. The maximum Gasteiger partial charge on any atom is 0.573 e. The van der Waals surface area contributed by atoms with Gasteiger partial charge in [-0.1, -0.05) is 13.3 Å². The van der Waals surface area contributed by atoms with E-state index in [4.69, 9.17) is 0 Å². The second kappa shape index (κ2) is 11.9. The van der Waals surface area contributed by atoms with Gasteiger partial charge in [0.15, 0.2) is 5.82 Å². The monoisotopic (exact) mass is 493 g/mol. The summed E-state index contributed by atoms with van der Waals surface area (Å²) < 4.78 is 44.2. The number of aromatic nitrogens is 4. The van der Waals surface area contributed by atoms with Gasteiger partial charge in [-0.2, -0.15) is 0 Å². The van der Waals surface area contributed by atoms with Crippen molar-refractivity contribution >= 4 is 23.4 Å². The molecule has 3 aromatic rings. The number of rotatable bonds is 11. The van der Waals surface area contributed by atoms with E-state index in [1.54, 1.807) is 23.3 Å². The highest BCUT2D eigenvalue weighted by Gasteiger charge is 2.31. The molecule has 0 aliphatic rings. The van der Waals surface area contributed by atoms with Gasteiger partial charge < -0.3 is 24.5 Å². The van der Waals surface area contributed by atoms with Crippen LogP contribution in [0, 0.1) is 0 Å². The van der Waals surface area contributed by atoms with Crippen molar-refractivity contribution < 1.29 is 27.5 Å². The van der Waals surface area contributed by atoms with Crippen LogP contribution in [0.1, 0.15) is 36.8 Å². The van der Waals surface area contributed by atoms with Gasteiger partial charge in [-0.05, 0) is 37.1 Å². The number of nitrogens with zero attached hydrogens (tertiary/aromatic N) is 4. The molecule has 0 saturated carbocycles. The van der Waals surface area contributed by atoms with Crippen LogP contribution >= 0.6 is 0 Å². The van der Waals surface area contributed by atoms with Gasteiger partial charge in [-0.15, -0.1) is 13.2 Å². The largest absolute Gasteiger partial charge is 0.573 e. The van der Waals surface area contributed by atoms with Crippen molar-refractivity contribution in [3.8, 4) is 5.75 Å². The molecule has 2 heterocycles. The number of imidazole rings is 2. The number of unbranched alkanes of at least 4 members (excludes halogenated alkanes) is 1. The smallest absolute Gasteiger partial charge is 0.406 e. The summed E-state index contributed by atoms with van der Waals surface area (Å²) in [6.45, 7) is 3.71. The molecule has 0 unspecified atom stereocenters. The first kappa shape index (κ1) is 25.6. The molecule has 0 fully saturated rings. The lowest BCUT2D eigenvalue weighted by atomic mass is 10.3. The first-order valence-corrected chi connectivity index (χ1v) is 11.0. The van der Waals surface area contributed by atoms with Crippen molar-refractivity contribution in [2.45, 2.75) is 45.6 Å². The molecular formula is C22H26F3N7O3. The first-order valence-electron chi connectivity index (χ1n) is 11.0. The highest BCUT2D eigenvalue weighted by atomic mass is 19.4. The first-order chi connectivity index (χ1) is 16.7. The number of hydrogen-bond donors (Lipinski definition) is 3. The van der Waals surface area contributed by atoms with Crippen molar-refractivity contribution in [1.82, 2.24) is 24.4 Å². The summed E-state index contributed by atoms with van der Waals surface area (Å²) in [7, 11) is 0. The molecule has 35 heavy (non-hydrogen) atoms. The van der Waals surface area contributed by atoms with Gasteiger partial charge in [-0.25, -0.2) is 14.8 Å². The van der Waals surface area contributed by atoms with Gasteiger partial charge >= 0.3 is 12.4 Å². The van der Waals surface area contributed by atoms with E-state index in [9.17, 15) is 22.8 Å². The van der Waals surface area contributed by atoms with Crippen LogP contribution in [-0.2, 0) is 13.1 Å². The number of nitrogens with one attached hydrogen (secondary N) is 3. The minimum absolute atomic E-state index is 0.166. The number of benzene rings is 1. The lowest BCUT2D eigenvalue weighted by Crippen LogP contribution is -2.28. The van der Waals surface area contributed by atoms with Gasteiger partial charge in [0.05, 0.1) is 6.33 Å². The molecule has 13 heteroatoms. The predicted octanol–water partition coefficient (Wildman–Crippen LogP) is 4.24. The number of hydrogen-bond acceptors (Lipinski definition) is 5. The highest BCUT2D eigenvalue weighted by molar-refractivity contribution is 5.99. The lowest BCUT2D eigenvalue weighted by Gasteiger charge is -2.10. The quantitative estimate of drug-likeness (QED) is 0.346. The summed E-state index contributed by atoms with van der Waals surface area (Å²) in [6.07, 6.45) is 4.42. The third-order valence-electron chi connectivity index (χ3n) is 4.76. The molecule has 3 amide bonds. The van der Waals surface area contributed by atoms with Gasteiger partial charge in [0.25, 0.3) is 5.91 Å². The fourth-order valence-electron chi connectivity index (χ4n) is 3.14. The maximum atomic E-state index is 12.7. The molecule has 188 valence electrons. The van der Waals surface area contributed by atoms with Crippen molar-refractivity contribution in [2.24, 2.45) is 0 Å². The summed E-state index contributed by atoms with van der Waals surface area (Å²) >= 11 is 0. The predicted molar refractivity (Wildman–Crippen MR) is 122 cm³/mol. The normalized spacial score (nSPS) is 11.2. The number of carbonyl (C=O) groups is 2. The minimum atomic E-state index is -4.80. The summed E-state index contributed by atoms with van der Waals surface area (Å²) in [5, 5.41) is 7.86. The number of anilines is 2. The Labute approximate surface area is 199 Å². The Kier molecular flexibility index (Phi) is 8.70. The van der Waals surface area contributed by atoms with Crippen molar-refractivity contribution in [2.75, 3.05) is 17.2 Å². The zero-order chi connectivity index (χ0) is 25.3. The molecule has 2 aromatic heterocycles. The Morgan fingerprint density at radius 1 is 1.09 bits per heavy atom. The number of amides is 3. The van der Waals surface area contributed by atoms with Crippen LogP contribution in [0.3, 0.4) is 0 Å². The second-order valence-corrected chi connectivity index (χ2v) is 7.56. The average molecular weight is 493 g/mol. The summed E-state index contributed by atoms with van der Waals surface area (Å²) in [6, 6.07) is 4.03. The summed E-state index contributed by atoms with van der Waals surface area (Å²) in [5.74, 6) is -0.427. The van der Waals surface area contributed by atoms with E-state index < -0.39 is 18.1 Å². The Hall–Kier alpha value is -4.03. The summed E-state index contributed by atoms with van der Waals surface area (Å²) in [5.41, 5.74) is 0.248. The molecule has 1 aromatic carbocycles. The molecule has 3 rings (SSSR count). The molecular weight excluding hydrogens is 467 g/mol. The van der Waals surface area contributed by atoms with Crippen LogP contribution in [0.2, 0.25) is 0 Å². The molecule has 0 aliphatic carbocycles. The molecule has 0 bridgehead atoms. The average Bonchev–Trinajstić information content (AvgIpc) is 3.45. The number of ether oxygens (including phenoxy) is 1. The van der Waals surface area contributed by atoms with E-state index in [1.807, 2.05) is 17.7 Å². The Bertz CT molecular complexity index is 1100. The number of halogens is 3. The van der Waals surface area contributed by atoms with Crippen molar-refractivity contribution in [1.29, 1.82) is 0 Å². The number of alkyl halides is 3. The Morgan fingerprint density at radius 3 is 2.51 bits per heavy atom. The third kappa shape index (κ3) is 8.36. The fraction of sp³-hybridized carbons (Fsp3) is 0.364. The van der Waals surface area contributed by atoms with Crippen molar-refractivity contribution in [3.05, 3.63) is 55.0 Å². The number of carbonyl (C=O) groups excluding carboxylic acids is 2. The SMILES string of the molecule is CCCCn1cc(NC(=O)Nc2ccc(OC(F)(F)F)cc2)nc1C(=O)NCCCn1ccnc1. The van der Waals surface area contributed by atoms with Gasteiger partial charge in [-0.3, -0.25) is 10.1 Å². The van der Waals surface area contributed by atoms with Crippen LogP contribution < -0.4 is 20.7 Å². The van der Waals surface area contributed by atoms with Crippen LogP contribution in [0.5, 0.6) is 5.75 Å². The molecule has 0 saturated heterocycles.